The number of fused-ring (bicyclic) bond motifs is 1. The van der Waals surface area contributed by atoms with Gasteiger partial charge in [-0.05, 0) is 0 Å². The molecule has 3 heterocycles. The van der Waals surface area contributed by atoms with Crippen LogP contribution < -0.4 is 5.73 Å². The number of nitrogens with zero attached hydrogens (tertiary/aromatic N) is 4. The summed E-state index contributed by atoms with van der Waals surface area (Å²) >= 11 is 0. The van der Waals surface area contributed by atoms with Crippen molar-refractivity contribution in [3.05, 3.63) is 12.7 Å². The Balaban J connectivity index is 0.00000280. The first-order valence-corrected chi connectivity index (χ1v) is 10.2. The molecule has 1 fully saturated rings. The van der Waals surface area contributed by atoms with Gasteiger partial charge in [0.2, 0.25) is 0 Å². The van der Waals surface area contributed by atoms with Crippen LogP contribution in [0.5, 0.6) is 0 Å². The second kappa shape index (κ2) is 9.09. The molecule has 2 aromatic rings. The van der Waals surface area contributed by atoms with Gasteiger partial charge in [-0.2, -0.15) is 4.31 Å². The molecule has 0 saturated carbocycles. The molecule has 152 valence electrons. The fraction of sp³-hybridized carbons (Fsp3) is 0.500. The molecule has 18 heteroatoms. The van der Waals surface area contributed by atoms with Crippen molar-refractivity contribution in [1.82, 2.24) is 19.5 Å². The van der Waals surface area contributed by atoms with Crippen LogP contribution in [0.25, 0.3) is 11.2 Å². The van der Waals surface area contributed by atoms with Gasteiger partial charge in [-0.25, -0.2) is 24.1 Å². The van der Waals surface area contributed by atoms with E-state index in [2.05, 4.69) is 23.8 Å². The minimum atomic E-state index is -5.29. The summed E-state index contributed by atoms with van der Waals surface area (Å²) in [7, 11) is -10.4. The Labute approximate surface area is 199 Å². The zero-order chi connectivity index (χ0) is 20.0. The van der Waals surface area contributed by atoms with Crippen LogP contribution >= 0.6 is 15.6 Å². The number of aliphatic hydroxyl groups excluding tert-OH is 2. The van der Waals surface area contributed by atoms with Gasteiger partial charge in [-0.3, -0.25) is 9.09 Å². The van der Waals surface area contributed by atoms with Crippen molar-refractivity contribution in [1.29, 1.82) is 0 Å². The van der Waals surface area contributed by atoms with Crippen LogP contribution in [-0.2, 0) is 22.7 Å². The molecule has 5 atom stereocenters. The van der Waals surface area contributed by atoms with Crippen LogP contribution in [0.4, 0.5) is 5.82 Å². The number of anilines is 1. The van der Waals surface area contributed by atoms with Crippen molar-refractivity contribution in [3.8, 4) is 0 Å². The molecule has 28 heavy (non-hydrogen) atoms. The first-order valence-electron chi connectivity index (χ1n) is 7.17. The van der Waals surface area contributed by atoms with Crippen molar-refractivity contribution in [3.63, 3.8) is 0 Å². The number of phosphoric ester groups is 1. The molecule has 0 aromatic carbocycles. The summed E-state index contributed by atoms with van der Waals surface area (Å²) in [5.74, 6) is 0.0856. The summed E-state index contributed by atoms with van der Waals surface area (Å²) < 4.78 is 36.8. The van der Waals surface area contributed by atoms with Crippen LogP contribution in [0.1, 0.15) is 6.23 Å². The minimum absolute atomic E-state index is 0. The van der Waals surface area contributed by atoms with E-state index in [4.69, 9.17) is 20.3 Å². The molecule has 1 aliphatic rings. The second-order valence-electron chi connectivity index (χ2n) is 5.47. The fourth-order valence-corrected chi connectivity index (χ4v) is 4.08. The fourth-order valence-electron chi connectivity index (χ4n) is 2.48. The van der Waals surface area contributed by atoms with Gasteiger partial charge >= 0.3 is 67.0 Å². The molecule has 0 aliphatic carbocycles. The topological polar surface area (TPSA) is 233 Å². The van der Waals surface area contributed by atoms with Crippen molar-refractivity contribution >= 4 is 84.0 Å². The molecule has 15 nitrogen and oxygen atoms in total. The molecule has 0 bridgehead atoms. The Morgan fingerprint density at radius 1 is 1.18 bits per heavy atom. The quantitative estimate of drug-likeness (QED) is 0.192. The predicted molar refractivity (Wildman–Crippen MR) is 91.7 cm³/mol. The van der Waals surface area contributed by atoms with Gasteiger partial charge in [-0.15, -0.1) is 0 Å². The second-order valence-corrected chi connectivity index (χ2v) is 8.30. The molecule has 3 rings (SSSR count). The van der Waals surface area contributed by atoms with E-state index in [0.29, 0.717) is 0 Å². The van der Waals surface area contributed by atoms with Gasteiger partial charge in [-0.1, -0.05) is 0 Å². The summed E-state index contributed by atoms with van der Waals surface area (Å²) in [6.07, 6.45) is -3.20. The zero-order valence-corrected chi connectivity index (χ0v) is 15.0. The van der Waals surface area contributed by atoms with Gasteiger partial charge in [0.1, 0.15) is 30.2 Å². The number of nitrogens with two attached hydrogens (primary N) is 1. The monoisotopic (exact) mass is 467 g/mol. The molecule has 7 N–H and O–H groups in total. The first-order chi connectivity index (χ1) is 12.5. The van der Waals surface area contributed by atoms with E-state index < -0.39 is 46.8 Å². The Hall–Kier alpha value is 0.126. The number of hydrogen-bond acceptors (Lipinski definition) is 11. The predicted octanol–water partition coefficient (Wildman–Crippen LogP) is -2.39. The number of aromatic nitrogens is 4. The van der Waals surface area contributed by atoms with E-state index in [1.165, 1.54) is 10.9 Å². The molecule has 1 saturated heterocycles. The standard InChI is InChI=1S/C10H15N5O10P2.K.H/c11-8-5-9(13-2-12-8)15(3-14-5)10-7(17)6(16)4(24-10)1-23-27(21,22)25-26(18,19)20;;/h2-4,6-7,10,16-17H,1H2,(H,21,22)(H2,11,12,13)(H2,18,19,20);;/t4-,6-,7-,10-;;/m1../s1. The van der Waals surface area contributed by atoms with Crippen LogP contribution in [0, 0.1) is 0 Å². The van der Waals surface area contributed by atoms with Crippen LogP contribution in [-0.4, -0.2) is 121 Å². The number of rotatable bonds is 6. The van der Waals surface area contributed by atoms with E-state index in [1.807, 2.05) is 0 Å². The summed E-state index contributed by atoms with van der Waals surface area (Å²) in [6, 6.07) is 0. The third-order valence-electron chi connectivity index (χ3n) is 3.61. The normalized spacial score (nSPS) is 27.5. The van der Waals surface area contributed by atoms with E-state index >= 15 is 0 Å². The van der Waals surface area contributed by atoms with Crippen molar-refractivity contribution in [2.24, 2.45) is 0 Å². The average molecular weight is 467 g/mol. The number of aliphatic hydroxyl groups is 2. The number of ether oxygens (including phenoxy) is 1. The Bertz CT molecular complexity index is 938. The van der Waals surface area contributed by atoms with Crippen molar-refractivity contribution in [2.75, 3.05) is 12.3 Å². The Kier molecular flexibility index (Phi) is 7.92. The molecular weight excluding hydrogens is 451 g/mol. The van der Waals surface area contributed by atoms with Gasteiger partial charge in [0.15, 0.2) is 17.7 Å². The van der Waals surface area contributed by atoms with Gasteiger partial charge in [0, 0.05) is 0 Å². The van der Waals surface area contributed by atoms with Crippen LogP contribution in [0.15, 0.2) is 12.7 Å². The number of nitrogen functional groups attached to an aromatic ring is 1. The van der Waals surface area contributed by atoms with Crippen LogP contribution in [0.3, 0.4) is 0 Å². The number of imidazole rings is 1. The molecule has 0 spiro atoms. The third kappa shape index (κ3) is 5.43. The average Bonchev–Trinajstić information content (AvgIpc) is 3.07. The maximum absolute atomic E-state index is 11.5. The molecular formula is C10H16KN5O10P2. The van der Waals surface area contributed by atoms with E-state index in [1.54, 1.807) is 0 Å². The Morgan fingerprint density at radius 3 is 2.50 bits per heavy atom. The summed E-state index contributed by atoms with van der Waals surface area (Å²) in [6.45, 7) is -0.813. The third-order valence-corrected chi connectivity index (χ3v) is 5.76. The van der Waals surface area contributed by atoms with Gasteiger partial charge in [0.05, 0.1) is 12.9 Å². The van der Waals surface area contributed by atoms with E-state index in [9.17, 15) is 24.2 Å². The van der Waals surface area contributed by atoms with E-state index in [0.717, 1.165) is 6.33 Å². The zero-order valence-electron chi connectivity index (χ0n) is 13.2. The molecule has 0 radical (unpaired) electrons. The SMILES string of the molecule is Nc1ncnc2c1ncn2[C@@H]1O[C@H](COP(=O)(O)OP(=O)(O)O)[C@@H](O)[C@H]1O.[KH]. The maximum atomic E-state index is 11.5. The summed E-state index contributed by atoms with van der Waals surface area (Å²) in [4.78, 5) is 38.1. The summed E-state index contributed by atoms with van der Waals surface area (Å²) in [5.41, 5.74) is 6.11. The molecule has 0 amide bonds. The van der Waals surface area contributed by atoms with Crippen molar-refractivity contribution < 1.29 is 47.6 Å². The van der Waals surface area contributed by atoms with Crippen molar-refractivity contribution in [2.45, 2.75) is 24.5 Å². The van der Waals surface area contributed by atoms with Gasteiger partial charge in [0.25, 0.3) is 0 Å². The first kappa shape index (κ1) is 24.4. The summed E-state index contributed by atoms with van der Waals surface area (Å²) in [5, 5.41) is 20.3. The van der Waals surface area contributed by atoms with Gasteiger partial charge < -0.3 is 35.4 Å². The van der Waals surface area contributed by atoms with Crippen LogP contribution in [0.2, 0.25) is 0 Å². The Morgan fingerprint density at radius 2 is 1.86 bits per heavy atom. The molecule has 1 unspecified atom stereocenters. The molecule has 1 aliphatic heterocycles. The number of phosphoric acid groups is 2. The van der Waals surface area contributed by atoms with E-state index in [-0.39, 0.29) is 68.4 Å². The number of hydrogen-bond donors (Lipinski definition) is 6. The molecule has 2 aromatic heterocycles.